The zero-order valence-electron chi connectivity index (χ0n) is 11.8. The van der Waals surface area contributed by atoms with Crippen LogP contribution in [0.3, 0.4) is 0 Å². The fraction of sp³-hybridized carbons (Fsp3) is 0.438. The summed E-state index contributed by atoms with van der Waals surface area (Å²) in [5, 5.41) is 4.42. The summed E-state index contributed by atoms with van der Waals surface area (Å²) in [5.41, 5.74) is 4.45. The number of rotatable bonds is 2. The maximum Gasteiger partial charge on any atom is 0.181 e. The predicted molar refractivity (Wildman–Crippen MR) is 77.7 cm³/mol. The summed E-state index contributed by atoms with van der Waals surface area (Å²) in [6.07, 6.45) is 4.04. The predicted octanol–water partition coefficient (Wildman–Crippen LogP) is 2.73. The van der Waals surface area contributed by atoms with Crippen molar-refractivity contribution in [3.05, 3.63) is 35.0 Å². The molecule has 1 aliphatic heterocycles. The maximum atomic E-state index is 12.6. The lowest BCUT2D eigenvalue weighted by molar-refractivity contribution is 0.0953. The number of ketones is 1. The van der Waals surface area contributed by atoms with Crippen molar-refractivity contribution in [3.8, 4) is 0 Å². The molecule has 0 radical (unpaired) electrons. The summed E-state index contributed by atoms with van der Waals surface area (Å²) >= 11 is 0. The Morgan fingerprint density at radius 2 is 2.16 bits per heavy atom. The maximum absolute atomic E-state index is 12.6. The highest BCUT2D eigenvalue weighted by atomic mass is 16.1. The number of benzene rings is 1. The van der Waals surface area contributed by atoms with E-state index in [0.29, 0.717) is 0 Å². The summed E-state index contributed by atoms with van der Waals surface area (Å²) in [7, 11) is 2.01. The van der Waals surface area contributed by atoms with Gasteiger partial charge < -0.3 is 9.88 Å². The fourth-order valence-corrected chi connectivity index (χ4v) is 3.18. The molecular weight excluding hydrogens is 236 g/mol. The fourth-order valence-electron chi connectivity index (χ4n) is 3.18. The number of nitrogens with one attached hydrogen (secondary N) is 1. The molecule has 1 fully saturated rings. The molecule has 1 aromatic carbocycles. The van der Waals surface area contributed by atoms with Gasteiger partial charge in [-0.3, -0.25) is 4.79 Å². The van der Waals surface area contributed by atoms with Gasteiger partial charge in [0.1, 0.15) is 0 Å². The summed E-state index contributed by atoms with van der Waals surface area (Å²) in [5.74, 6) is 0.245. The average Bonchev–Trinajstić information content (AvgIpc) is 2.97. The molecule has 3 heteroatoms. The van der Waals surface area contributed by atoms with Gasteiger partial charge in [-0.2, -0.15) is 0 Å². The topological polar surface area (TPSA) is 34.0 Å². The van der Waals surface area contributed by atoms with Gasteiger partial charge in [0, 0.05) is 29.7 Å². The van der Waals surface area contributed by atoms with Crippen LogP contribution in [0.2, 0.25) is 0 Å². The number of fused-ring (bicyclic) bond motifs is 1. The van der Waals surface area contributed by atoms with Gasteiger partial charge in [0.15, 0.2) is 5.78 Å². The van der Waals surface area contributed by atoms with Gasteiger partial charge in [0.25, 0.3) is 0 Å². The molecule has 1 unspecified atom stereocenters. The summed E-state index contributed by atoms with van der Waals surface area (Å²) in [6.45, 7) is 5.15. The molecule has 2 heterocycles. The van der Waals surface area contributed by atoms with Gasteiger partial charge in [-0.1, -0.05) is 6.07 Å². The highest BCUT2D eigenvalue weighted by Crippen LogP contribution is 2.27. The Kier molecular flexibility index (Phi) is 2.94. The Morgan fingerprint density at radius 1 is 1.37 bits per heavy atom. The van der Waals surface area contributed by atoms with E-state index in [9.17, 15) is 4.79 Å². The number of Topliss-reactive ketones (excluding diaryl/α,β-unsaturated/α-hetero) is 1. The molecule has 1 N–H and O–H groups in total. The number of aromatic nitrogens is 1. The normalized spacial score (nSPS) is 19.2. The van der Waals surface area contributed by atoms with Crippen molar-refractivity contribution < 1.29 is 4.79 Å². The number of nitrogens with zero attached hydrogens (tertiary/aromatic N) is 1. The first-order valence-electron chi connectivity index (χ1n) is 6.92. The molecule has 1 atom stereocenters. The second kappa shape index (κ2) is 4.49. The van der Waals surface area contributed by atoms with Crippen LogP contribution in [0.5, 0.6) is 0 Å². The molecule has 19 heavy (non-hydrogen) atoms. The lowest BCUT2D eigenvalue weighted by Crippen LogP contribution is -2.30. The van der Waals surface area contributed by atoms with E-state index in [1.165, 1.54) is 11.1 Å². The van der Waals surface area contributed by atoms with Crippen LogP contribution in [0.15, 0.2) is 18.3 Å². The second-order valence-corrected chi connectivity index (χ2v) is 5.64. The minimum atomic E-state index is 0.00584. The molecule has 0 aliphatic carbocycles. The van der Waals surface area contributed by atoms with E-state index in [0.717, 1.165) is 35.9 Å². The van der Waals surface area contributed by atoms with E-state index in [1.54, 1.807) is 0 Å². The van der Waals surface area contributed by atoms with Crippen molar-refractivity contribution >= 4 is 16.7 Å². The molecule has 3 rings (SSSR count). The van der Waals surface area contributed by atoms with Crippen LogP contribution in [0.1, 0.15) is 34.3 Å². The van der Waals surface area contributed by atoms with E-state index < -0.39 is 0 Å². The molecule has 1 aliphatic rings. The molecule has 0 bridgehead atoms. The van der Waals surface area contributed by atoms with Crippen LogP contribution < -0.4 is 5.32 Å². The third kappa shape index (κ3) is 1.98. The molecular formula is C16H20N2O. The van der Waals surface area contributed by atoms with Crippen LogP contribution in [0.4, 0.5) is 0 Å². The minimum absolute atomic E-state index is 0.00584. The zero-order chi connectivity index (χ0) is 13.6. The first-order valence-corrected chi connectivity index (χ1v) is 6.92. The van der Waals surface area contributed by atoms with E-state index in [2.05, 4.69) is 35.9 Å². The molecule has 2 aromatic rings. The summed E-state index contributed by atoms with van der Waals surface area (Å²) in [6, 6.07) is 4.31. The van der Waals surface area contributed by atoms with Crippen molar-refractivity contribution in [2.75, 3.05) is 6.54 Å². The molecule has 0 spiro atoms. The van der Waals surface area contributed by atoms with Crippen molar-refractivity contribution in [3.63, 3.8) is 0 Å². The Bertz CT molecular complexity index is 648. The molecule has 3 nitrogen and oxygen atoms in total. The molecule has 1 aromatic heterocycles. The second-order valence-electron chi connectivity index (χ2n) is 5.64. The Hall–Kier alpha value is -1.61. The number of aryl methyl sites for hydroxylation is 3. The standard InChI is InChI=1S/C16H20N2O/c1-10-7-11(2)15-12(9-18(3)14(15)8-10)16(19)13-5-4-6-17-13/h7-9,13,17H,4-6H2,1-3H3. The van der Waals surface area contributed by atoms with Gasteiger partial charge in [0.2, 0.25) is 0 Å². The monoisotopic (exact) mass is 256 g/mol. The smallest absolute Gasteiger partial charge is 0.181 e. The molecule has 0 amide bonds. The molecule has 1 saturated heterocycles. The van der Waals surface area contributed by atoms with Crippen LogP contribution in [0, 0.1) is 13.8 Å². The quantitative estimate of drug-likeness (QED) is 0.838. The van der Waals surface area contributed by atoms with Crippen molar-refractivity contribution in [1.29, 1.82) is 0 Å². The number of hydrogen-bond donors (Lipinski definition) is 1. The summed E-state index contributed by atoms with van der Waals surface area (Å²) in [4.78, 5) is 12.6. The van der Waals surface area contributed by atoms with Crippen molar-refractivity contribution in [2.24, 2.45) is 7.05 Å². The molecule has 100 valence electrons. The Morgan fingerprint density at radius 3 is 2.84 bits per heavy atom. The largest absolute Gasteiger partial charge is 0.350 e. The lowest BCUT2D eigenvalue weighted by atomic mass is 9.98. The van der Waals surface area contributed by atoms with Gasteiger partial charge in [0.05, 0.1) is 6.04 Å². The minimum Gasteiger partial charge on any atom is -0.350 e. The first kappa shape index (κ1) is 12.4. The third-order valence-corrected chi connectivity index (χ3v) is 4.07. The number of carbonyl (C=O) groups is 1. The van der Waals surface area contributed by atoms with Gasteiger partial charge in [-0.05, 0) is 50.4 Å². The van der Waals surface area contributed by atoms with E-state index >= 15 is 0 Å². The van der Waals surface area contributed by atoms with Crippen LogP contribution in [-0.4, -0.2) is 22.9 Å². The van der Waals surface area contributed by atoms with E-state index in [-0.39, 0.29) is 11.8 Å². The van der Waals surface area contributed by atoms with Crippen LogP contribution in [0.25, 0.3) is 10.9 Å². The first-order chi connectivity index (χ1) is 9.08. The third-order valence-electron chi connectivity index (χ3n) is 4.07. The zero-order valence-corrected chi connectivity index (χ0v) is 11.8. The summed E-state index contributed by atoms with van der Waals surface area (Å²) < 4.78 is 2.07. The van der Waals surface area contributed by atoms with Gasteiger partial charge in [-0.15, -0.1) is 0 Å². The highest BCUT2D eigenvalue weighted by molar-refractivity contribution is 6.11. The van der Waals surface area contributed by atoms with Crippen LogP contribution in [-0.2, 0) is 7.05 Å². The lowest BCUT2D eigenvalue weighted by Gasteiger charge is -2.09. The van der Waals surface area contributed by atoms with Gasteiger partial charge >= 0.3 is 0 Å². The molecule has 0 saturated carbocycles. The van der Waals surface area contributed by atoms with Crippen LogP contribution >= 0.6 is 0 Å². The van der Waals surface area contributed by atoms with E-state index in [4.69, 9.17) is 0 Å². The Balaban J connectivity index is 2.16. The number of carbonyl (C=O) groups excluding carboxylic acids is 1. The van der Waals surface area contributed by atoms with Gasteiger partial charge in [-0.25, -0.2) is 0 Å². The van der Waals surface area contributed by atoms with Crippen molar-refractivity contribution in [2.45, 2.75) is 32.7 Å². The van der Waals surface area contributed by atoms with E-state index in [1.807, 2.05) is 13.2 Å². The Labute approximate surface area is 113 Å². The highest BCUT2D eigenvalue weighted by Gasteiger charge is 2.26. The number of hydrogen-bond acceptors (Lipinski definition) is 2. The van der Waals surface area contributed by atoms with Crippen molar-refractivity contribution in [1.82, 2.24) is 9.88 Å². The average molecular weight is 256 g/mol. The SMILES string of the molecule is Cc1cc(C)c2c(C(=O)C3CCCN3)cn(C)c2c1.